The van der Waals surface area contributed by atoms with Crippen molar-refractivity contribution in [3.05, 3.63) is 12.3 Å². The third-order valence-electron chi connectivity index (χ3n) is 2.35. The first-order chi connectivity index (χ1) is 6.70. The highest BCUT2D eigenvalue weighted by Crippen LogP contribution is 2.24. The maximum Gasteiger partial charge on any atom is 0.422 e. The molecule has 1 saturated carbocycles. The maximum absolute atomic E-state index is 10.5. The van der Waals surface area contributed by atoms with Gasteiger partial charge in [-0.2, -0.15) is 0 Å². The van der Waals surface area contributed by atoms with Gasteiger partial charge in [0.1, 0.15) is 0 Å². The summed E-state index contributed by atoms with van der Waals surface area (Å²) in [6.45, 7) is 0. The molecule has 0 bridgehead atoms. The Bertz CT molecular complexity index is 239. The average molecular weight is 198 g/mol. The minimum atomic E-state index is -1.56. The number of carbonyl (C=O) groups excluding carboxylic acids is 1. The number of hydrogen-bond donors (Lipinski definition) is 1. The van der Waals surface area contributed by atoms with Gasteiger partial charge in [-0.15, -0.1) is 0 Å². The fourth-order valence-corrected chi connectivity index (χ4v) is 1.59. The highest BCUT2D eigenvalue weighted by molar-refractivity contribution is 6.28. The van der Waals surface area contributed by atoms with E-state index in [0.717, 1.165) is 12.8 Å². The van der Waals surface area contributed by atoms with Crippen LogP contribution in [0.25, 0.3) is 0 Å². The number of carboxylic acid groups (broad SMARTS) is 1. The summed E-state index contributed by atoms with van der Waals surface area (Å²) in [5, 5.41) is 8.21. The third-order valence-corrected chi connectivity index (χ3v) is 2.35. The highest BCUT2D eigenvalue weighted by Gasteiger charge is 2.12. The Morgan fingerprint density at radius 3 is 2.43 bits per heavy atom. The second-order valence-corrected chi connectivity index (χ2v) is 3.44. The predicted octanol–water partition coefficient (Wildman–Crippen LogP) is 1.71. The smallest absolute Gasteiger partial charge is 0.422 e. The van der Waals surface area contributed by atoms with E-state index in [1.54, 1.807) is 6.08 Å². The molecule has 1 aliphatic rings. The Balaban J connectivity index is 2.25. The molecule has 78 valence electrons. The fraction of sp³-hybridized carbons (Fsp3) is 0.600. The minimum Gasteiger partial charge on any atom is -0.473 e. The molecule has 0 heterocycles. The molecule has 1 N–H and O–H groups in total. The molecule has 0 aromatic heterocycles. The van der Waals surface area contributed by atoms with Crippen LogP contribution >= 0.6 is 0 Å². The zero-order valence-corrected chi connectivity index (χ0v) is 7.94. The lowest BCUT2D eigenvalue weighted by Crippen LogP contribution is -2.13. The first-order valence-electron chi connectivity index (χ1n) is 4.80. The van der Waals surface area contributed by atoms with Crippen LogP contribution in [0, 0.1) is 5.92 Å². The van der Waals surface area contributed by atoms with Gasteiger partial charge in [0.25, 0.3) is 0 Å². The zero-order valence-electron chi connectivity index (χ0n) is 7.94. The van der Waals surface area contributed by atoms with E-state index in [1.807, 2.05) is 0 Å². The van der Waals surface area contributed by atoms with Gasteiger partial charge in [0.2, 0.25) is 0 Å². The van der Waals surface area contributed by atoms with E-state index < -0.39 is 11.9 Å². The van der Waals surface area contributed by atoms with E-state index in [-0.39, 0.29) is 0 Å². The van der Waals surface area contributed by atoms with Crippen molar-refractivity contribution in [1.82, 2.24) is 0 Å². The molecule has 0 amide bonds. The number of esters is 1. The zero-order chi connectivity index (χ0) is 10.4. The van der Waals surface area contributed by atoms with E-state index in [9.17, 15) is 9.59 Å². The Morgan fingerprint density at radius 1 is 1.21 bits per heavy atom. The second-order valence-electron chi connectivity index (χ2n) is 3.44. The molecule has 0 saturated heterocycles. The molecule has 4 heteroatoms. The van der Waals surface area contributed by atoms with Crippen LogP contribution in [0.4, 0.5) is 0 Å². The van der Waals surface area contributed by atoms with Crippen LogP contribution in [0.3, 0.4) is 0 Å². The summed E-state index contributed by atoms with van der Waals surface area (Å²) in [6.07, 6.45) is 8.83. The quantitative estimate of drug-likeness (QED) is 0.416. The van der Waals surface area contributed by atoms with Crippen LogP contribution in [-0.4, -0.2) is 17.0 Å². The summed E-state index contributed by atoms with van der Waals surface area (Å²) in [5.41, 5.74) is 0. The number of ether oxygens (including phenoxy) is 1. The first kappa shape index (κ1) is 10.8. The number of rotatable bonds is 2. The highest BCUT2D eigenvalue weighted by atomic mass is 16.6. The van der Waals surface area contributed by atoms with E-state index in [4.69, 9.17) is 5.11 Å². The molecule has 0 aromatic carbocycles. The van der Waals surface area contributed by atoms with Crippen LogP contribution in [0.2, 0.25) is 0 Å². The van der Waals surface area contributed by atoms with Gasteiger partial charge < -0.3 is 9.84 Å². The summed E-state index contributed by atoms with van der Waals surface area (Å²) < 4.78 is 4.39. The van der Waals surface area contributed by atoms with Crippen molar-refractivity contribution in [2.24, 2.45) is 5.92 Å². The van der Waals surface area contributed by atoms with Crippen LogP contribution in [-0.2, 0) is 14.3 Å². The summed E-state index contributed by atoms with van der Waals surface area (Å²) in [7, 11) is 0. The van der Waals surface area contributed by atoms with Gasteiger partial charge in [-0.3, -0.25) is 0 Å². The molecule has 0 spiro atoms. The van der Waals surface area contributed by atoms with E-state index in [2.05, 4.69) is 4.74 Å². The molecule has 4 nitrogen and oxygen atoms in total. The Kier molecular flexibility index (Phi) is 4.16. The number of hydrogen-bond acceptors (Lipinski definition) is 3. The largest absolute Gasteiger partial charge is 0.473 e. The summed E-state index contributed by atoms with van der Waals surface area (Å²) in [6, 6.07) is 0. The van der Waals surface area contributed by atoms with Crippen molar-refractivity contribution in [2.45, 2.75) is 32.1 Å². The van der Waals surface area contributed by atoms with Gasteiger partial charge in [-0.25, -0.2) is 9.59 Å². The van der Waals surface area contributed by atoms with Crippen LogP contribution in [0.5, 0.6) is 0 Å². The standard InChI is InChI=1S/C10H14O4/c11-9(12)10(13)14-7-6-8-4-2-1-3-5-8/h6-8H,1-5H2,(H,11,12). The van der Waals surface area contributed by atoms with E-state index in [0.29, 0.717) is 5.92 Å². The molecular formula is C10H14O4. The SMILES string of the molecule is O=C(O)C(=O)OC=CC1CCCCC1. The van der Waals surface area contributed by atoms with Gasteiger partial charge in [-0.05, 0) is 24.8 Å². The molecule has 1 rings (SSSR count). The molecule has 14 heavy (non-hydrogen) atoms. The lowest BCUT2D eigenvalue weighted by atomic mass is 9.89. The van der Waals surface area contributed by atoms with Crippen molar-refractivity contribution >= 4 is 11.9 Å². The normalized spacial score (nSPS) is 18.3. The molecule has 0 atom stereocenters. The summed E-state index contributed by atoms with van der Waals surface area (Å²) >= 11 is 0. The molecule has 1 aliphatic carbocycles. The van der Waals surface area contributed by atoms with Crippen molar-refractivity contribution in [1.29, 1.82) is 0 Å². The van der Waals surface area contributed by atoms with Gasteiger partial charge >= 0.3 is 11.9 Å². The molecule has 0 unspecified atom stereocenters. The molecular weight excluding hydrogens is 184 g/mol. The van der Waals surface area contributed by atoms with Gasteiger partial charge in [0.05, 0.1) is 6.26 Å². The summed E-state index contributed by atoms with van der Waals surface area (Å²) in [4.78, 5) is 20.6. The number of allylic oxidation sites excluding steroid dienone is 1. The van der Waals surface area contributed by atoms with Crippen LogP contribution in [0.15, 0.2) is 12.3 Å². The predicted molar refractivity (Wildman–Crippen MR) is 49.4 cm³/mol. The van der Waals surface area contributed by atoms with Crippen LogP contribution in [0.1, 0.15) is 32.1 Å². The summed E-state index contributed by atoms with van der Waals surface area (Å²) in [5.74, 6) is -2.35. The number of carboxylic acids is 1. The van der Waals surface area contributed by atoms with Crippen molar-refractivity contribution < 1.29 is 19.4 Å². The maximum atomic E-state index is 10.5. The first-order valence-corrected chi connectivity index (χ1v) is 4.80. The van der Waals surface area contributed by atoms with Gasteiger partial charge in [0, 0.05) is 0 Å². The van der Waals surface area contributed by atoms with E-state index in [1.165, 1.54) is 25.5 Å². The lowest BCUT2D eigenvalue weighted by molar-refractivity contribution is -0.160. The average Bonchev–Trinajstić information content (AvgIpc) is 2.19. The molecule has 0 radical (unpaired) electrons. The topological polar surface area (TPSA) is 63.6 Å². The van der Waals surface area contributed by atoms with Gasteiger partial charge in [-0.1, -0.05) is 19.3 Å². The van der Waals surface area contributed by atoms with E-state index >= 15 is 0 Å². The fourth-order valence-electron chi connectivity index (χ4n) is 1.59. The number of aliphatic carboxylic acids is 1. The molecule has 0 aromatic rings. The number of carbonyl (C=O) groups is 2. The minimum absolute atomic E-state index is 0.436. The van der Waals surface area contributed by atoms with Crippen molar-refractivity contribution in [3.8, 4) is 0 Å². The monoisotopic (exact) mass is 198 g/mol. The lowest BCUT2D eigenvalue weighted by Gasteiger charge is -2.17. The Morgan fingerprint density at radius 2 is 1.86 bits per heavy atom. The second kappa shape index (κ2) is 5.42. The van der Waals surface area contributed by atoms with Crippen molar-refractivity contribution in [2.75, 3.05) is 0 Å². The van der Waals surface area contributed by atoms with Gasteiger partial charge in [0.15, 0.2) is 0 Å². The Hall–Kier alpha value is -1.32. The molecule has 1 fully saturated rings. The Labute approximate surface area is 82.6 Å². The van der Waals surface area contributed by atoms with Crippen LogP contribution < -0.4 is 0 Å². The van der Waals surface area contributed by atoms with Crippen molar-refractivity contribution in [3.63, 3.8) is 0 Å². The molecule has 0 aliphatic heterocycles. The third kappa shape index (κ3) is 3.60.